The third-order valence-corrected chi connectivity index (χ3v) is 4.26. The van der Waals surface area contributed by atoms with Crippen molar-refractivity contribution in [2.75, 3.05) is 11.1 Å². The predicted octanol–water partition coefficient (Wildman–Crippen LogP) is 3.64. The molecule has 0 aliphatic rings. The van der Waals surface area contributed by atoms with Gasteiger partial charge in [-0.25, -0.2) is 0 Å². The van der Waals surface area contributed by atoms with Crippen LogP contribution in [0.15, 0.2) is 64.2 Å². The van der Waals surface area contributed by atoms with Gasteiger partial charge in [-0.1, -0.05) is 23.3 Å². The number of carbonyl (C=O) groups is 1. The highest BCUT2D eigenvalue weighted by Crippen LogP contribution is 2.20. The molecule has 0 aliphatic heterocycles. The highest BCUT2D eigenvalue weighted by atomic mass is 32.2. The zero-order valence-electron chi connectivity index (χ0n) is 12.9. The van der Waals surface area contributed by atoms with E-state index in [1.807, 2.05) is 18.2 Å². The van der Waals surface area contributed by atoms with Gasteiger partial charge in [0.05, 0.1) is 0 Å². The number of pyridine rings is 1. The molecule has 0 atom stereocenters. The molecule has 1 N–H and O–H groups in total. The van der Waals surface area contributed by atoms with E-state index in [9.17, 15) is 4.79 Å². The van der Waals surface area contributed by atoms with Gasteiger partial charge in [-0.15, -0.1) is 16.9 Å². The van der Waals surface area contributed by atoms with Gasteiger partial charge in [-0.3, -0.25) is 15.1 Å². The first-order valence-electron chi connectivity index (χ1n) is 7.53. The average molecular weight is 340 g/mol. The highest BCUT2D eigenvalue weighted by Gasteiger charge is 2.11. The second-order valence-electron chi connectivity index (χ2n) is 4.96. The summed E-state index contributed by atoms with van der Waals surface area (Å²) >= 11 is 1.73. The number of anilines is 1. The molecule has 0 saturated carbocycles. The van der Waals surface area contributed by atoms with Gasteiger partial charge in [0, 0.05) is 29.3 Å². The Kier molecular flexibility index (Phi) is 5.57. The summed E-state index contributed by atoms with van der Waals surface area (Å²) in [4.78, 5) is 17.0. The topological polar surface area (TPSA) is 80.9 Å². The molecule has 0 radical (unpaired) electrons. The molecule has 1 amide bonds. The second-order valence-corrected chi connectivity index (χ2v) is 6.13. The molecular weight excluding hydrogens is 324 g/mol. The van der Waals surface area contributed by atoms with E-state index in [4.69, 9.17) is 4.42 Å². The van der Waals surface area contributed by atoms with Crippen LogP contribution in [0.3, 0.4) is 0 Å². The minimum atomic E-state index is -0.131. The lowest BCUT2D eigenvalue weighted by atomic mass is 10.3. The normalized spacial score (nSPS) is 10.5. The van der Waals surface area contributed by atoms with Gasteiger partial charge in [-0.2, -0.15) is 0 Å². The molecule has 0 saturated heterocycles. The fourth-order valence-corrected chi connectivity index (χ4v) is 2.88. The Labute approximate surface area is 143 Å². The van der Waals surface area contributed by atoms with Crippen LogP contribution in [-0.2, 0) is 4.79 Å². The maximum absolute atomic E-state index is 11.9. The number of amides is 1. The fourth-order valence-electron chi connectivity index (χ4n) is 2.01. The van der Waals surface area contributed by atoms with Crippen LogP contribution in [0.1, 0.15) is 12.8 Å². The number of nitrogens with one attached hydrogen (secondary N) is 1. The van der Waals surface area contributed by atoms with Gasteiger partial charge >= 0.3 is 6.01 Å². The number of thioether (sulfide) groups is 1. The van der Waals surface area contributed by atoms with Crippen molar-refractivity contribution in [1.82, 2.24) is 15.2 Å². The SMILES string of the molecule is O=C(CCCSc1ccccc1)Nc1nnc(-c2ccncc2)o1. The quantitative estimate of drug-likeness (QED) is 0.522. The minimum absolute atomic E-state index is 0.113. The number of rotatable bonds is 7. The minimum Gasteiger partial charge on any atom is -0.403 e. The highest BCUT2D eigenvalue weighted by molar-refractivity contribution is 7.99. The number of hydrogen-bond acceptors (Lipinski definition) is 6. The van der Waals surface area contributed by atoms with Gasteiger partial charge in [0.1, 0.15) is 0 Å². The van der Waals surface area contributed by atoms with Gasteiger partial charge in [0.25, 0.3) is 0 Å². The van der Waals surface area contributed by atoms with Crippen molar-refractivity contribution in [2.24, 2.45) is 0 Å². The third-order valence-electron chi connectivity index (χ3n) is 3.16. The summed E-state index contributed by atoms with van der Waals surface area (Å²) in [6, 6.07) is 13.8. The van der Waals surface area contributed by atoms with Crippen LogP contribution in [0.2, 0.25) is 0 Å². The molecule has 1 aromatic carbocycles. The molecule has 2 aromatic heterocycles. The summed E-state index contributed by atoms with van der Waals surface area (Å²) < 4.78 is 5.43. The molecule has 3 aromatic rings. The molecule has 122 valence electrons. The summed E-state index contributed by atoms with van der Waals surface area (Å²) in [5.74, 6) is 1.10. The fraction of sp³-hybridized carbons (Fsp3) is 0.176. The Morgan fingerprint density at radius 3 is 2.67 bits per heavy atom. The Morgan fingerprint density at radius 1 is 1.08 bits per heavy atom. The summed E-state index contributed by atoms with van der Waals surface area (Å²) in [5, 5.41) is 10.4. The summed E-state index contributed by atoms with van der Waals surface area (Å²) in [7, 11) is 0. The van der Waals surface area contributed by atoms with Crippen LogP contribution >= 0.6 is 11.8 Å². The van der Waals surface area contributed by atoms with Crippen LogP contribution < -0.4 is 5.32 Å². The van der Waals surface area contributed by atoms with E-state index in [1.54, 1.807) is 36.3 Å². The van der Waals surface area contributed by atoms with Crippen molar-refractivity contribution in [3.63, 3.8) is 0 Å². The molecule has 0 fully saturated rings. The Balaban J connectivity index is 1.43. The molecule has 6 nitrogen and oxygen atoms in total. The van der Waals surface area contributed by atoms with E-state index in [1.165, 1.54) is 4.90 Å². The second kappa shape index (κ2) is 8.26. The van der Waals surface area contributed by atoms with Crippen molar-refractivity contribution in [3.8, 4) is 11.5 Å². The number of hydrogen-bond donors (Lipinski definition) is 1. The maximum atomic E-state index is 11.9. The van der Waals surface area contributed by atoms with E-state index >= 15 is 0 Å². The van der Waals surface area contributed by atoms with Crippen LogP contribution in [0, 0.1) is 0 Å². The van der Waals surface area contributed by atoms with Crippen molar-refractivity contribution < 1.29 is 9.21 Å². The smallest absolute Gasteiger partial charge is 0.322 e. The van der Waals surface area contributed by atoms with E-state index in [0.717, 1.165) is 17.7 Å². The molecule has 3 rings (SSSR count). The number of carbonyl (C=O) groups excluding carboxylic acids is 1. The Bertz CT molecular complexity index is 778. The maximum Gasteiger partial charge on any atom is 0.322 e. The summed E-state index contributed by atoms with van der Waals surface area (Å²) in [5.41, 5.74) is 0.761. The average Bonchev–Trinajstić information content (AvgIpc) is 3.09. The van der Waals surface area contributed by atoms with Crippen molar-refractivity contribution in [1.29, 1.82) is 0 Å². The molecule has 0 aliphatic carbocycles. The molecule has 7 heteroatoms. The summed E-state index contributed by atoms with van der Waals surface area (Å²) in [6.07, 6.45) is 4.47. The van der Waals surface area contributed by atoms with E-state index < -0.39 is 0 Å². The zero-order valence-corrected chi connectivity index (χ0v) is 13.7. The first kappa shape index (κ1) is 16.2. The molecule has 0 spiro atoms. The Hall–Kier alpha value is -2.67. The van der Waals surface area contributed by atoms with Crippen molar-refractivity contribution >= 4 is 23.7 Å². The van der Waals surface area contributed by atoms with E-state index in [0.29, 0.717) is 12.3 Å². The lowest BCUT2D eigenvalue weighted by Gasteiger charge is -2.01. The first-order chi connectivity index (χ1) is 11.8. The molecule has 0 bridgehead atoms. The zero-order chi connectivity index (χ0) is 16.6. The number of nitrogens with zero attached hydrogens (tertiary/aromatic N) is 3. The standard InChI is InChI=1S/C17H16N4O2S/c22-15(7-4-12-24-14-5-2-1-3-6-14)19-17-21-20-16(23-17)13-8-10-18-11-9-13/h1-3,5-6,8-11H,4,7,12H2,(H,19,21,22). The van der Waals surface area contributed by atoms with E-state index in [-0.39, 0.29) is 11.9 Å². The number of benzene rings is 1. The monoisotopic (exact) mass is 340 g/mol. The predicted molar refractivity (Wildman–Crippen MR) is 92.6 cm³/mol. The summed E-state index contributed by atoms with van der Waals surface area (Å²) in [6.45, 7) is 0. The van der Waals surface area contributed by atoms with Crippen LogP contribution in [0.5, 0.6) is 0 Å². The van der Waals surface area contributed by atoms with Gasteiger partial charge in [0.2, 0.25) is 11.8 Å². The number of aromatic nitrogens is 3. The van der Waals surface area contributed by atoms with Crippen LogP contribution in [0.25, 0.3) is 11.5 Å². The molecule has 24 heavy (non-hydrogen) atoms. The Morgan fingerprint density at radius 2 is 1.88 bits per heavy atom. The van der Waals surface area contributed by atoms with E-state index in [2.05, 4.69) is 32.6 Å². The third kappa shape index (κ3) is 4.66. The molecule has 0 unspecified atom stereocenters. The van der Waals surface area contributed by atoms with Gasteiger partial charge in [-0.05, 0) is 36.4 Å². The van der Waals surface area contributed by atoms with Gasteiger partial charge < -0.3 is 4.42 Å². The molecule has 2 heterocycles. The van der Waals surface area contributed by atoms with Gasteiger partial charge in [0.15, 0.2) is 0 Å². The first-order valence-corrected chi connectivity index (χ1v) is 8.51. The van der Waals surface area contributed by atoms with Crippen LogP contribution in [0.4, 0.5) is 6.01 Å². The van der Waals surface area contributed by atoms with Crippen molar-refractivity contribution in [3.05, 3.63) is 54.9 Å². The van der Waals surface area contributed by atoms with Crippen molar-refractivity contribution in [2.45, 2.75) is 17.7 Å². The molecular formula is C17H16N4O2S. The largest absolute Gasteiger partial charge is 0.403 e. The lowest BCUT2D eigenvalue weighted by Crippen LogP contribution is -2.11. The lowest BCUT2D eigenvalue weighted by molar-refractivity contribution is -0.116. The van der Waals surface area contributed by atoms with Crippen LogP contribution in [-0.4, -0.2) is 26.8 Å².